The summed E-state index contributed by atoms with van der Waals surface area (Å²) in [6, 6.07) is 18.2. The van der Waals surface area contributed by atoms with Crippen LogP contribution in [-0.4, -0.2) is 24.5 Å². The molecule has 4 rings (SSSR count). The molecule has 1 amide bonds. The van der Waals surface area contributed by atoms with Crippen molar-refractivity contribution in [3.63, 3.8) is 0 Å². The molecule has 30 heavy (non-hydrogen) atoms. The van der Waals surface area contributed by atoms with Gasteiger partial charge in [-0.3, -0.25) is 9.78 Å². The summed E-state index contributed by atoms with van der Waals surface area (Å²) >= 11 is 5.89. The van der Waals surface area contributed by atoms with Gasteiger partial charge in [-0.1, -0.05) is 17.7 Å². The second kappa shape index (κ2) is 8.88. The van der Waals surface area contributed by atoms with E-state index in [1.807, 2.05) is 30.3 Å². The van der Waals surface area contributed by atoms with Crippen molar-refractivity contribution in [1.82, 2.24) is 4.98 Å². The van der Waals surface area contributed by atoms with Crippen molar-refractivity contribution >= 4 is 39.9 Å². The number of anilines is 2. The van der Waals surface area contributed by atoms with E-state index < -0.39 is 0 Å². The van der Waals surface area contributed by atoms with Gasteiger partial charge in [-0.15, -0.1) is 0 Å². The molecule has 7 heteroatoms. The summed E-state index contributed by atoms with van der Waals surface area (Å²) < 4.78 is 11.2. The topological polar surface area (TPSA) is 76.4 Å². The van der Waals surface area contributed by atoms with E-state index in [-0.39, 0.29) is 11.7 Å². The van der Waals surface area contributed by atoms with Crippen LogP contribution in [0.15, 0.2) is 71.3 Å². The molecule has 6 nitrogen and oxygen atoms in total. The summed E-state index contributed by atoms with van der Waals surface area (Å²) in [5, 5.41) is 7.58. The summed E-state index contributed by atoms with van der Waals surface area (Å²) in [5.41, 5.74) is 3.01. The first-order valence-electron chi connectivity index (χ1n) is 9.45. The Morgan fingerprint density at radius 2 is 1.97 bits per heavy atom. The van der Waals surface area contributed by atoms with E-state index >= 15 is 0 Å². The van der Waals surface area contributed by atoms with Gasteiger partial charge in [0.25, 0.3) is 5.91 Å². The van der Waals surface area contributed by atoms with Gasteiger partial charge >= 0.3 is 0 Å². The lowest BCUT2D eigenvalue weighted by molar-refractivity contribution is 0.0998. The SMILES string of the molecule is COc1ccc(NCCc2ccccn2)c2cc(C(=O)Nc3ccc(Cl)cc3)oc12. The molecule has 0 radical (unpaired) electrons. The van der Waals surface area contributed by atoms with Crippen LogP contribution in [0.1, 0.15) is 16.2 Å². The summed E-state index contributed by atoms with van der Waals surface area (Å²) in [6.07, 6.45) is 2.55. The van der Waals surface area contributed by atoms with Crippen molar-refractivity contribution in [2.75, 3.05) is 24.3 Å². The quantitative estimate of drug-likeness (QED) is 0.418. The van der Waals surface area contributed by atoms with Crippen LogP contribution in [0.3, 0.4) is 0 Å². The van der Waals surface area contributed by atoms with Gasteiger partial charge in [0.1, 0.15) is 0 Å². The number of halogens is 1. The molecule has 0 atom stereocenters. The molecule has 2 N–H and O–H groups in total. The molecule has 2 heterocycles. The smallest absolute Gasteiger partial charge is 0.291 e. The molecule has 0 spiro atoms. The Morgan fingerprint density at radius 3 is 2.70 bits per heavy atom. The number of hydrogen-bond acceptors (Lipinski definition) is 5. The number of pyridine rings is 1. The van der Waals surface area contributed by atoms with E-state index in [0.29, 0.717) is 28.6 Å². The second-order valence-electron chi connectivity index (χ2n) is 6.63. The maximum absolute atomic E-state index is 12.7. The molecule has 2 aromatic carbocycles. The molecule has 152 valence electrons. The Balaban J connectivity index is 1.55. The first-order valence-corrected chi connectivity index (χ1v) is 9.83. The monoisotopic (exact) mass is 421 g/mol. The number of fused-ring (bicyclic) bond motifs is 1. The Kier molecular flexibility index (Phi) is 5.86. The molecule has 2 aromatic heterocycles. The molecule has 0 saturated carbocycles. The van der Waals surface area contributed by atoms with E-state index in [4.69, 9.17) is 20.8 Å². The molecule has 0 unspecified atom stereocenters. The number of nitrogens with zero attached hydrogens (tertiary/aromatic N) is 1. The number of hydrogen-bond donors (Lipinski definition) is 2. The zero-order valence-electron chi connectivity index (χ0n) is 16.3. The minimum absolute atomic E-state index is 0.192. The Labute approximate surface area is 178 Å². The number of nitrogens with one attached hydrogen (secondary N) is 2. The number of aromatic nitrogens is 1. The highest BCUT2D eigenvalue weighted by molar-refractivity contribution is 6.30. The van der Waals surface area contributed by atoms with E-state index in [2.05, 4.69) is 15.6 Å². The fourth-order valence-corrected chi connectivity index (χ4v) is 3.25. The third-order valence-corrected chi connectivity index (χ3v) is 4.87. The van der Waals surface area contributed by atoms with Crippen LogP contribution in [0.25, 0.3) is 11.0 Å². The van der Waals surface area contributed by atoms with Gasteiger partial charge in [-0.25, -0.2) is 0 Å². The van der Waals surface area contributed by atoms with Gasteiger partial charge in [0, 0.05) is 46.6 Å². The highest BCUT2D eigenvalue weighted by Gasteiger charge is 2.18. The molecule has 0 aliphatic carbocycles. The first kappa shape index (κ1) is 19.8. The van der Waals surface area contributed by atoms with Crippen LogP contribution < -0.4 is 15.4 Å². The first-order chi connectivity index (χ1) is 14.6. The van der Waals surface area contributed by atoms with E-state index in [0.717, 1.165) is 23.2 Å². The van der Waals surface area contributed by atoms with Crippen LogP contribution >= 0.6 is 11.6 Å². The maximum atomic E-state index is 12.7. The van der Waals surface area contributed by atoms with Crippen molar-refractivity contribution in [1.29, 1.82) is 0 Å². The van der Waals surface area contributed by atoms with Crippen LogP contribution in [-0.2, 0) is 6.42 Å². The third kappa shape index (κ3) is 4.39. The van der Waals surface area contributed by atoms with Gasteiger partial charge in [-0.2, -0.15) is 0 Å². The largest absolute Gasteiger partial charge is 0.493 e. The van der Waals surface area contributed by atoms with Gasteiger partial charge in [0.15, 0.2) is 17.1 Å². The van der Waals surface area contributed by atoms with Crippen LogP contribution in [0, 0.1) is 0 Å². The average molecular weight is 422 g/mol. The lowest BCUT2D eigenvalue weighted by Crippen LogP contribution is -2.10. The molecule has 0 bridgehead atoms. The minimum Gasteiger partial charge on any atom is -0.493 e. The normalized spacial score (nSPS) is 10.7. The van der Waals surface area contributed by atoms with Crippen LogP contribution in [0.2, 0.25) is 5.02 Å². The van der Waals surface area contributed by atoms with Crippen molar-refractivity contribution in [3.8, 4) is 5.75 Å². The van der Waals surface area contributed by atoms with Crippen molar-refractivity contribution < 1.29 is 13.9 Å². The lowest BCUT2D eigenvalue weighted by Gasteiger charge is -2.09. The van der Waals surface area contributed by atoms with Crippen LogP contribution in [0.5, 0.6) is 5.75 Å². The van der Waals surface area contributed by atoms with Gasteiger partial charge in [0.05, 0.1) is 7.11 Å². The van der Waals surface area contributed by atoms with E-state index in [9.17, 15) is 4.79 Å². The number of carbonyl (C=O) groups is 1. The summed E-state index contributed by atoms with van der Waals surface area (Å²) in [6.45, 7) is 0.690. The number of carbonyl (C=O) groups excluding carboxylic acids is 1. The predicted molar refractivity (Wildman–Crippen MR) is 119 cm³/mol. The number of rotatable bonds is 7. The molecular weight excluding hydrogens is 402 g/mol. The van der Waals surface area contributed by atoms with Crippen molar-refractivity contribution in [3.05, 3.63) is 83.3 Å². The van der Waals surface area contributed by atoms with E-state index in [1.165, 1.54) is 0 Å². The number of furan rings is 1. The summed E-state index contributed by atoms with van der Waals surface area (Å²) in [5.74, 6) is 0.401. The Morgan fingerprint density at radius 1 is 1.13 bits per heavy atom. The van der Waals surface area contributed by atoms with E-state index in [1.54, 1.807) is 43.6 Å². The molecule has 4 aromatic rings. The minimum atomic E-state index is -0.352. The molecule has 0 aliphatic rings. The maximum Gasteiger partial charge on any atom is 0.291 e. The van der Waals surface area contributed by atoms with Gasteiger partial charge in [0.2, 0.25) is 0 Å². The highest BCUT2D eigenvalue weighted by atomic mass is 35.5. The van der Waals surface area contributed by atoms with Crippen molar-refractivity contribution in [2.24, 2.45) is 0 Å². The zero-order valence-corrected chi connectivity index (χ0v) is 17.1. The lowest BCUT2D eigenvalue weighted by atomic mass is 10.2. The second-order valence-corrected chi connectivity index (χ2v) is 7.06. The summed E-state index contributed by atoms with van der Waals surface area (Å²) in [4.78, 5) is 17.0. The van der Waals surface area contributed by atoms with Gasteiger partial charge < -0.3 is 19.8 Å². The molecule has 0 fully saturated rings. The van der Waals surface area contributed by atoms with Crippen molar-refractivity contribution in [2.45, 2.75) is 6.42 Å². The fraction of sp³-hybridized carbons (Fsp3) is 0.130. The van der Waals surface area contributed by atoms with Gasteiger partial charge in [-0.05, 0) is 54.6 Å². The number of ether oxygens (including phenoxy) is 1. The highest BCUT2D eigenvalue weighted by Crippen LogP contribution is 2.34. The predicted octanol–water partition coefficient (Wildman–Crippen LogP) is 5.40. The zero-order chi connectivity index (χ0) is 20.9. The Bertz CT molecular complexity index is 1160. The fourth-order valence-electron chi connectivity index (χ4n) is 3.12. The standard InChI is InChI=1S/C23H20ClN3O3/c1-29-20-10-9-19(26-13-11-16-4-2-3-12-25-16)18-14-21(30-22(18)20)23(28)27-17-7-5-15(24)6-8-17/h2-10,12,14,26H,11,13H2,1H3,(H,27,28). The molecule has 0 aliphatic heterocycles. The number of methoxy groups -OCH3 is 1. The number of benzene rings is 2. The van der Waals surface area contributed by atoms with Crippen LogP contribution in [0.4, 0.5) is 11.4 Å². The third-order valence-electron chi connectivity index (χ3n) is 4.62. The average Bonchev–Trinajstić information content (AvgIpc) is 3.22. The molecule has 0 saturated heterocycles. The Hall–Kier alpha value is -3.51. The number of amides is 1. The summed E-state index contributed by atoms with van der Waals surface area (Å²) in [7, 11) is 1.57. The molecular formula is C23H20ClN3O3.